The normalized spacial score (nSPS) is 11.6. The van der Waals surface area contributed by atoms with Crippen LogP contribution in [0.4, 0.5) is 0 Å². The molecule has 0 fully saturated rings. The summed E-state index contributed by atoms with van der Waals surface area (Å²) in [6, 6.07) is 87.0. The number of para-hydroxylation sites is 2. The second-order valence-electron chi connectivity index (χ2n) is 19.5. The smallest absolute Gasteiger partial charge is 0.164 e. The van der Waals surface area contributed by atoms with Crippen LogP contribution in [0.2, 0.25) is 0 Å². The van der Waals surface area contributed by atoms with Crippen molar-refractivity contribution in [3.8, 4) is 90.0 Å². The van der Waals surface area contributed by atoms with Crippen molar-refractivity contribution in [2.24, 2.45) is 0 Å². The van der Waals surface area contributed by atoms with Gasteiger partial charge in [0.25, 0.3) is 0 Å². The Morgan fingerprint density at radius 1 is 0.263 bits per heavy atom. The van der Waals surface area contributed by atoms with Gasteiger partial charge in [-0.25, -0.2) is 15.0 Å². The Bertz CT molecular complexity index is 4480. The van der Waals surface area contributed by atoms with Gasteiger partial charge in [0.2, 0.25) is 0 Å². The minimum atomic E-state index is 0.586. The number of rotatable bonds is 9. The van der Waals surface area contributed by atoms with Gasteiger partial charge in [0.15, 0.2) is 17.5 Å². The molecular formula is C70H48N6. The summed E-state index contributed by atoms with van der Waals surface area (Å²) >= 11 is 0. The maximum atomic E-state index is 5.27. The van der Waals surface area contributed by atoms with Crippen LogP contribution >= 0.6 is 0 Å². The molecule has 0 saturated carbocycles. The van der Waals surface area contributed by atoms with E-state index < -0.39 is 0 Å². The molecule has 6 heteroatoms. The Labute approximate surface area is 440 Å². The third-order valence-electron chi connectivity index (χ3n) is 15.0. The highest BCUT2D eigenvalue weighted by molar-refractivity contribution is 6.13. The van der Waals surface area contributed by atoms with Crippen LogP contribution in [0.25, 0.3) is 134 Å². The van der Waals surface area contributed by atoms with E-state index in [0.29, 0.717) is 17.5 Å². The zero-order valence-electron chi connectivity index (χ0n) is 41.9. The Morgan fingerprint density at radius 2 is 0.658 bits per heavy atom. The van der Waals surface area contributed by atoms with Gasteiger partial charge in [-0.3, -0.25) is 4.98 Å². The first-order valence-corrected chi connectivity index (χ1v) is 25.8. The van der Waals surface area contributed by atoms with Crippen molar-refractivity contribution in [3.05, 3.63) is 266 Å². The quantitative estimate of drug-likeness (QED) is 0.145. The minimum Gasteiger partial charge on any atom is -0.309 e. The fraction of sp³-hybridized carbons (Fsp3) is 0.0286. The summed E-state index contributed by atoms with van der Waals surface area (Å²) in [5, 5.41) is 4.72. The number of fused-ring (bicyclic) bond motifs is 6. The number of aromatic nitrogens is 6. The standard InChI is InChI=1S/C70H48N6/c1-45-17-9-11-23-54(45)51-31-35-64-60(41-51)56-25-13-15-27-62(56)75(64)66-43-50(47-37-39-71-40-38-47)29-33-58(66)59-34-30-53(70-73-68(48-19-5-3-6-20-48)72-69(74-70)49-21-7-4-8-22-49)44-67(59)76-63-28-16-14-26-57(63)61-42-52(32-36-65(61)76)55-24-12-10-18-46(55)2/h3-44H,1-2H3. The van der Waals surface area contributed by atoms with E-state index >= 15 is 0 Å². The average Bonchev–Trinajstić information content (AvgIpc) is 4.05. The summed E-state index contributed by atoms with van der Waals surface area (Å²) in [4.78, 5) is 20.0. The molecule has 0 aliphatic heterocycles. The van der Waals surface area contributed by atoms with Crippen molar-refractivity contribution in [2.45, 2.75) is 13.8 Å². The number of nitrogens with zero attached hydrogens (tertiary/aromatic N) is 6. The molecule has 4 aromatic heterocycles. The summed E-state index contributed by atoms with van der Waals surface area (Å²) in [6.45, 7) is 4.38. The van der Waals surface area contributed by atoms with Gasteiger partial charge in [-0.15, -0.1) is 0 Å². The summed E-state index contributed by atoms with van der Waals surface area (Å²) in [5.41, 5.74) is 20.8. The number of hydrogen-bond donors (Lipinski definition) is 0. The lowest BCUT2D eigenvalue weighted by molar-refractivity contribution is 1.07. The monoisotopic (exact) mass is 972 g/mol. The molecule has 10 aromatic carbocycles. The van der Waals surface area contributed by atoms with E-state index in [2.05, 4.69) is 234 Å². The molecular weight excluding hydrogens is 925 g/mol. The van der Waals surface area contributed by atoms with Crippen molar-refractivity contribution in [1.82, 2.24) is 29.1 Å². The maximum absolute atomic E-state index is 5.27. The topological polar surface area (TPSA) is 61.4 Å². The van der Waals surface area contributed by atoms with Gasteiger partial charge in [-0.2, -0.15) is 0 Å². The van der Waals surface area contributed by atoms with Crippen LogP contribution in [0.3, 0.4) is 0 Å². The van der Waals surface area contributed by atoms with Gasteiger partial charge < -0.3 is 9.13 Å². The van der Waals surface area contributed by atoms with Crippen LogP contribution in [0.5, 0.6) is 0 Å². The van der Waals surface area contributed by atoms with E-state index in [0.717, 1.165) is 72.4 Å². The third-order valence-corrected chi connectivity index (χ3v) is 15.0. The Morgan fingerprint density at radius 3 is 1.16 bits per heavy atom. The highest BCUT2D eigenvalue weighted by atomic mass is 15.0. The summed E-state index contributed by atoms with van der Waals surface area (Å²) < 4.78 is 4.91. The van der Waals surface area contributed by atoms with E-state index in [-0.39, 0.29) is 0 Å². The van der Waals surface area contributed by atoms with Crippen LogP contribution in [0.15, 0.2) is 255 Å². The van der Waals surface area contributed by atoms with Gasteiger partial charge in [-0.1, -0.05) is 182 Å². The highest BCUT2D eigenvalue weighted by Crippen LogP contribution is 2.45. The first-order chi connectivity index (χ1) is 37.5. The molecule has 0 amide bonds. The zero-order chi connectivity index (χ0) is 50.7. The molecule has 4 heterocycles. The fourth-order valence-corrected chi connectivity index (χ4v) is 11.3. The molecule has 0 aliphatic rings. The van der Waals surface area contributed by atoms with Crippen LogP contribution in [0.1, 0.15) is 11.1 Å². The lowest BCUT2D eigenvalue weighted by Crippen LogP contribution is -2.04. The number of aryl methyl sites for hydroxylation is 2. The van der Waals surface area contributed by atoms with Crippen LogP contribution in [-0.4, -0.2) is 29.1 Å². The van der Waals surface area contributed by atoms with E-state index in [1.165, 1.54) is 54.9 Å². The summed E-state index contributed by atoms with van der Waals surface area (Å²) in [5.74, 6) is 1.81. The Kier molecular flexibility index (Phi) is 10.8. The van der Waals surface area contributed by atoms with Gasteiger partial charge in [0.05, 0.1) is 33.4 Å². The van der Waals surface area contributed by atoms with Gasteiger partial charge in [-0.05, 0) is 119 Å². The third kappa shape index (κ3) is 7.66. The SMILES string of the molecule is Cc1ccccc1-c1ccc2c(c1)c1ccccc1n2-c1cc(-c2ccncc2)ccc1-c1ccc(-c2nc(-c3ccccc3)nc(-c3ccccc3)n2)cc1-n1c2ccccc2c2cc(-c3ccccc3C)ccc21. The second kappa shape index (κ2) is 18.5. The van der Waals surface area contributed by atoms with E-state index in [1.807, 2.05) is 48.8 Å². The number of benzene rings is 10. The molecule has 0 radical (unpaired) electrons. The fourth-order valence-electron chi connectivity index (χ4n) is 11.3. The lowest BCUT2D eigenvalue weighted by atomic mass is 9.95. The molecule has 0 atom stereocenters. The minimum absolute atomic E-state index is 0.586. The molecule has 0 unspecified atom stereocenters. The molecule has 0 bridgehead atoms. The van der Waals surface area contributed by atoms with Crippen LogP contribution < -0.4 is 0 Å². The number of hydrogen-bond acceptors (Lipinski definition) is 4. The van der Waals surface area contributed by atoms with Crippen molar-refractivity contribution >= 4 is 43.6 Å². The summed E-state index contributed by atoms with van der Waals surface area (Å²) in [6.07, 6.45) is 3.74. The van der Waals surface area contributed by atoms with Gasteiger partial charge >= 0.3 is 0 Å². The molecule has 0 spiro atoms. The van der Waals surface area contributed by atoms with Gasteiger partial charge in [0, 0.05) is 61.8 Å². The van der Waals surface area contributed by atoms with E-state index in [1.54, 1.807) is 0 Å². The van der Waals surface area contributed by atoms with Crippen molar-refractivity contribution in [3.63, 3.8) is 0 Å². The molecule has 0 saturated heterocycles. The molecule has 358 valence electrons. The van der Waals surface area contributed by atoms with Crippen molar-refractivity contribution in [1.29, 1.82) is 0 Å². The first kappa shape index (κ1) is 44.6. The van der Waals surface area contributed by atoms with Crippen LogP contribution in [-0.2, 0) is 0 Å². The molecule has 6 nitrogen and oxygen atoms in total. The van der Waals surface area contributed by atoms with E-state index in [9.17, 15) is 0 Å². The molecule has 14 rings (SSSR count). The molecule has 0 N–H and O–H groups in total. The largest absolute Gasteiger partial charge is 0.309 e. The zero-order valence-corrected chi connectivity index (χ0v) is 41.9. The predicted molar refractivity (Wildman–Crippen MR) is 314 cm³/mol. The van der Waals surface area contributed by atoms with Gasteiger partial charge in [0.1, 0.15) is 0 Å². The molecule has 14 aromatic rings. The average molecular weight is 973 g/mol. The highest BCUT2D eigenvalue weighted by Gasteiger charge is 2.24. The van der Waals surface area contributed by atoms with Crippen molar-refractivity contribution < 1.29 is 0 Å². The Hall–Kier alpha value is -10.0. The van der Waals surface area contributed by atoms with E-state index in [4.69, 9.17) is 15.0 Å². The Balaban J connectivity index is 1.07. The molecule has 0 aliphatic carbocycles. The maximum Gasteiger partial charge on any atom is 0.164 e. The molecule has 76 heavy (non-hydrogen) atoms. The lowest BCUT2D eigenvalue weighted by Gasteiger charge is -2.21. The second-order valence-corrected chi connectivity index (χ2v) is 19.5. The first-order valence-electron chi connectivity index (χ1n) is 25.8. The van der Waals surface area contributed by atoms with Crippen LogP contribution in [0, 0.1) is 13.8 Å². The van der Waals surface area contributed by atoms with Crippen molar-refractivity contribution in [2.75, 3.05) is 0 Å². The summed E-state index contributed by atoms with van der Waals surface area (Å²) in [7, 11) is 0. The predicted octanol–water partition coefficient (Wildman–Crippen LogP) is 17.7. The number of pyridine rings is 1.